The quantitative estimate of drug-likeness (QED) is 0.323. The fraction of sp³-hybridized carbons (Fsp3) is 0.591. The van der Waals surface area contributed by atoms with Crippen molar-refractivity contribution >= 4 is 41.8 Å². The highest BCUT2D eigenvalue weighted by molar-refractivity contribution is 14.0. The van der Waals surface area contributed by atoms with Crippen LogP contribution in [0, 0.1) is 5.92 Å². The molecule has 1 heterocycles. The molecule has 0 atom stereocenters. The van der Waals surface area contributed by atoms with E-state index < -0.39 is 0 Å². The number of benzene rings is 1. The minimum atomic E-state index is 0. The molecule has 0 spiro atoms. The van der Waals surface area contributed by atoms with E-state index in [0.717, 1.165) is 50.4 Å². The number of amides is 2. The number of rotatable bonds is 7. The van der Waals surface area contributed by atoms with E-state index >= 15 is 0 Å². The molecule has 1 aromatic carbocycles. The van der Waals surface area contributed by atoms with Crippen LogP contribution in [-0.4, -0.2) is 74.9 Å². The summed E-state index contributed by atoms with van der Waals surface area (Å²) in [6.45, 7) is 5.40. The van der Waals surface area contributed by atoms with Crippen molar-refractivity contribution in [1.82, 2.24) is 20.4 Å². The summed E-state index contributed by atoms with van der Waals surface area (Å²) < 4.78 is 0. The Morgan fingerprint density at radius 2 is 1.93 bits per heavy atom. The van der Waals surface area contributed by atoms with Crippen LogP contribution in [0.5, 0.6) is 0 Å². The maximum atomic E-state index is 12.1. The van der Waals surface area contributed by atoms with Crippen molar-refractivity contribution in [1.29, 1.82) is 0 Å². The Kier molecular flexibility index (Phi) is 11.8. The fourth-order valence-corrected chi connectivity index (χ4v) is 3.55. The number of piperidine rings is 1. The van der Waals surface area contributed by atoms with Gasteiger partial charge >= 0.3 is 0 Å². The third-order valence-electron chi connectivity index (χ3n) is 5.24. The maximum absolute atomic E-state index is 12.1. The van der Waals surface area contributed by atoms with Crippen LogP contribution in [0.15, 0.2) is 29.3 Å². The van der Waals surface area contributed by atoms with E-state index in [-0.39, 0.29) is 35.8 Å². The van der Waals surface area contributed by atoms with Crippen LogP contribution in [0.4, 0.5) is 0 Å². The summed E-state index contributed by atoms with van der Waals surface area (Å²) in [5, 5.41) is 6.10. The molecule has 1 fully saturated rings. The predicted molar refractivity (Wildman–Crippen MR) is 133 cm³/mol. The van der Waals surface area contributed by atoms with Gasteiger partial charge in [0, 0.05) is 59.3 Å². The largest absolute Gasteiger partial charge is 0.359 e. The first-order valence-electron chi connectivity index (χ1n) is 10.5. The zero-order valence-electron chi connectivity index (χ0n) is 18.6. The van der Waals surface area contributed by atoms with Gasteiger partial charge in [-0.1, -0.05) is 12.1 Å². The van der Waals surface area contributed by atoms with E-state index in [2.05, 4.69) is 22.5 Å². The Hall–Kier alpha value is -1.84. The molecule has 2 N–H and O–H groups in total. The maximum Gasteiger partial charge on any atom is 0.253 e. The first-order valence-corrected chi connectivity index (χ1v) is 10.5. The second kappa shape index (κ2) is 13.5. The molecule has 0 radical (unpaired) electrons. The van der Waals surface area contributed by atoms with Gasteiger partial charge in [-0.05, 0) is 49.8 Å². The van der Waals surface area contributed by atoms with Crippen molar-refractivity contribution in [2.24, 2.45) is 10.9 Å². The van der Waals surface area contributed by atoms with E-state index in [9.17, 15) is 9.59 Å². The van der Waals surface area contributed by atoms with Crippen molar-refractivity contribution in [3.05, 3.63) is 35.4 Å². The number of hydrogen-bond donors (Lipinski definition) is 2. The molecular formula is C22H36IN5O2. The standard InChI is InChI=1S/C22H35N5O2.HI/c1-5-24-22(27-13-10-18(11-14-27)16-20(28)23-2)25-12-9-17-7-6-8-19(15-17)21(29)26(3)4;/h6-8,15,18H,5,9-14,16H2,1-4H3,(H,23,28)(H,24,25);1H. The Morgan fingerprint density at radius 1 is 1.23 bits per heavy atom. The van der Waals surface area contributed by atoms with Crippen LogP contribution in [0.1, 0.15) is 42.1 Å². The van der Waals surface area contributed by atoms with E-state index in [0.29, 0.717) is 24.4 Å². The highest BCUT2D eigenvalue weighted by Crippen LogP contribution is 2.20. The van der Waals surface area contributed by atoms with Crippen molar-refractivity contribution in [3.8, 4) is 0 Å². The number of carbonyl (C=O) groups is 2. The SMILES string of the molecule is CCNC(=NCCc1cccc(C(=O)N(C)C)c1)N1CCC(CC(=O)NC)CC1.I. The molecule has 2 rings (SSSR count). The van der Waals surface area contributed by atoms with Crippen LogP contribution >= 0.6 is 24.0 Å². The number of carbonyl (C=O) groups excluding carboxylic acids is 2. The molecule has 8 heteroatoms. The molecule has 0 unspecified atom stereocenters. The smallest absolute Gasteiger partial charge is 0.253 e. The Bertz CT molecular complexity index is 715. The Morgan fingerprint density at radius 3 is 2.53 bits per heavy atom. The lowest BCUT2D eigenvalue weighted by molar-refractivity contribution is -0.121. The third kappa shape index (κ3) is 8.12. The average Bonchev–Trinajstić information content (AvgIpc) is 2.73. The molecule has 1 aromatic rings. The van der Waals surface area contributed by atoms with Gasteiger partial charge in [0.05, 0.1) is 0 Å². The number of guanidine groups is 1. The van der Waals surface area contributed by atoms with Crippen molar-refractivity contribution < 1.29 is 9.59 Å². The van der Waals surface area contributed by atoms with Gasteiger partial charge in [0.25, 0.3) is 5.91 Å². The summed E-state index contributed by atoms with van der Waals surface area (Å²) in [6.07, 6.45) is 3.41. The van der Waals surface area contributed by atoms with Crippen LogP contribution in [0.2, 0.25) is 0 Å². The number of aliphatic imine (C=N–C) groups is 1. The van der Waals surface area contributed by atoms with Gasteiger partial charge in [0.1, 0.15) is 0 Å². The second-order valence-electron chi connectivity index (χ2n) is 7.69. The molecule has 1 saturated heterocycles. The lowest BCUT2D eigenvalue weighted by Crippen LogP contribution is -2.46. The van der Waals surface area contributed by atoms with Gasteiger partial charge in [-0.2, -0.15) is 0 Å². The fourth-order valence-electron chi connectivity index (χ4n) is 3.55. The summed E-state index contributed by atoms with van der Waals surface area (Å²) in [7, 11) is 5.22. The van der Waals surface area contributed by atoms with Crippen LogP contribution < -0.4 is 10.6 Å². The van der Waals surface area contributed by atoms with E-state index in [1.54, 1.807) is 26.0 Å². The van der Waals surface area contributed by atoms with E-state index in [1.165, 1.54) is 0 Å². The number of nitrogens with zero attached hydrogens (tertiary/aromatic N) is 3. The summed E-state index contributed by atoms with van der Waals surface area (Å²) in [5.74, 6) is 1.53. The van der Waals surface area contributed by atoms with Gasteiger partial charge in [-0.25, -0.2) is 0 Å². The lowest BCUT2D eigenvalue weighted by Gasteiger charge is -2.34. The van der Waals surface area contributed by atoms with Crippen molar-refractivity contribution in [3.63, 3.8) is 0 Å². The zero-order valence-corrected chi connectivity index (χ0v) is 20.9. The number of halogens is 1. The molecule has 0 aromatic heterocycles. The highest BCUT2D eigenvalue weighted by atomic mass is 127. The Balaban J connectivity index is 0.00000450. The topological polar surface area (TPSA) is 77.0 Å². The first kappa shape index (κ1) is 26.2. The van der Waals surface area contributed by atoms with Crippen LogP contribution in [0.3, 0.4) is 0 Å². The summed E-state index contributed by atoms with van der Waals surface area (Å²) >= 11 is 0. The normalized spacial score (nSPS) is 14.7. The van der Waals surface area contributed by atoms with Gasteiger partial charge < -0.3 is 20.4 Å². The summed E-state index contributed by atoms with van der Waals surface area (Å²) in [5.41, 5.74) is 1.82. The molecule has 1 aliphatic heterocycles. The predicted octanol–water partition coefficient (Wildman–Crippen LogP) is 2.36. The molecule has 0 aliphatic carbocycles. The molecule has 30 heavy (non-hydrogen) atoms. The zero-order chi connectivity index (χ0) is 21.2. The van der Waals surface area contributed by atoms with E-state index in [1.807, 2.05) is 24.3 Å². The number of hydrogen-bond acceptors (Lipinski definition) is 3. The molecule has 1 aliphatic rings. The molecule has 7 nitrogen and oxygen atoms in total. The summed E-state index contributed by atoms with van der Waals surface area (Å²) in [6, 6.07) is 7.77. The van der Waals surface area contributed by atoms with Crippen molar-refractivity contribution in [2.75, 3.05) is 47.3 Å². The number of likely N-dealkylation sites (tertiary alicyclic amines) is 1. The first-order chi connectivity index (χ1) is 13.9. The van der Waals surface area contributed by atoms with Gasteiger partial charge in [0.2, 0.25) is 5.91 Å². The summed E-state index contributed by atoms with van der Waals surface area (Å²) in [4.78, 5) is 32.4. The van der Waals surface area contributed by atoms with Gasteiger partial charge in [0.15, 0.2) is 5.96 Å². The minimum Gasteiger partial charge on any atom is -0.359 e. The van der Waals surface area contributed by atoms with E-state index in [4.69, 9.17) is 4.99 Å². The number of nitrogens with one attached hydrogen (secondary N) is 2. The van der Waals surface area contributed by atoms with Crippen LogP contribution in [-0.2, 0) is 11.2 Å². The minimum absolute atomic E-state index is 0. The third-order valence-corrected chi connectivity index (χ3v) is 5.24. The molecule has 2 amide bonds. The van der Waals surface area contributed by atoms with Gasteiger partial charge in [-0.15, -0.1) is 24.0 Å². The van der Waals surface area contributed by atoms with Gasteiger partial charge in [-0.3, -0.25) is 14.6 Å². The molecule has 168 valence electrons. The monoisotopic (exact) mass is 529 g/mol. The molecular weight excluding hydrogens is 493 g/mol. The highest BCUT2D eigenvalue weighted by Gasteiger charge is 2.23. The second-order valence-corrected chi connectivity index (χ2v) is 7.69. The molecule has 0 bridgehead atoms. The lowest BCUT2D eigenvalue weighted by atomic mass is 9.93. The van der Waals surface area contributed by atoms with Crippen LogP contribution in [0.25, 0.3) is 0 Å². The van der Waals surface area contributed by atoms with Crippen molar-refractivity contribution in [2.45, 2.75) is 32.6 Å². The average molecular weight is 529 g/mol. The Labute approximate surface area is 197 Å². The molecule has 0 saturated carbocycles.